The number of carbonyl (C=O) groups is 4. The van der Waals surface area contributed by atoms with Crippen LogP contribution < -0.4 is 5.32 Å². The van der Waals surface area contributed by atoms with E-state index < -0.39 is 29.4 Å². The predicted octanol–water partition coefficient (Wildman–Crippen LogP) is 2.37. The molecule has 9 heteroatoms. The summed E-state index contributed by atoms with van der Waals surface area (Å²) in [4.78, 5) is 52.1. The van der Waals surface area contributed by atoms with Crippen molar-refractivity contribution in [1.82, 2.24) is 10.2 Å². The fourth-order valence-corrected chi connectivity index (χ4v) is 3.80. The topological polar surface area (TPSA) is 122 Å². The molecule has 2 N–H and O–H groups in total. The van der Waals surface area contributed by atoms with Crippen molar-refractivity contribution in [2.24, 2.45) is 11.8 Å². The highest BCUT2D eigenvalue weighted by molar-refractivity contribution is 5.86. The van der Waals surface area contributed by atoms with E-state index in [-0.39, 0.29) is 57.4 Å². The molecule has 2 rings (SSSR count). The third-order valence-electron chi connectivity index (χ3n) is 5.55. The van der Waals surface area contributed by atoms with Gasteiger partial charge in [0.05, 0.1) is 31.4 Å². The van der Waals surface area contributed by atoms with Crippen molar-refractivity contribution in [2.75, 3.05) is 26.3 Å². The highest BCUT2D eigenvalue weighted by atomic mass is 16.6. The van der Waals surface area contributed by atoms with Gasteiger partial charge in [0.2, 0.25) is 11.8 Å². The molecule has 0 saturated heterocycles. The van der Waals surface area contributed by atoms with Crippen LogP contribution in [0.25, 0.3) is 0 Å². The number of rotatable bonds is 8. The quantitative estimate of drug-likeness (QED) is 0.413. The predicted molar refractivity (Wildman–Crippen MR) is 133 cm³/mol. The van der Waals surface area contributed by atoms with Crippen molar-refractivity contribution in [3.8, 4) is 0 Å². The molecule has 0 fully saturated rings. The zero-order valence-corrected chi connectivity index (χ0v) is 21.4. The Bertz CT molecular complexity index is 908. The van der Waals surface area contributed by atoms with Crippen molar-refractivity contribution in [3.05, 3.63) is 48.0 Å². The van der Waals surface area contributed by atoms with Crippen molar-refractivity contribution in [2.45, 2.75) is 58.6 Å². The Kier molecular flexibility index (Phi) is 11.6. The van der Waals surface area contributed by atoms with Gasteiger partial charge in [0.15, 0.2) is 0 Å². The van der Waals surface area contributed by atoms with Gasteiger partial charge in [0.1, 0.15) is 12.2 Å². The van der Waals surface area contributed by atoms with Gasteiger partial charge in [-0.05, 0) is 39.2 Å². The largest absolute Gasteiger partial charge is 0.464 e. The first-order chi connectivity index (χ1) is 17.1. The SMILES string of the molecule is CC(C)(C)OC(=O)C[C@H]1C/C=C\C[C@H](CC(=O)N(CCO)Cc2ccccc2)C(=O)NCCOC1=O. The van der Waals surface area contributed by atoms with Gasteiger partial charge in [-0.1, -0.05) is 42.5 Å². The van der Waals surface area contributed by atoms with Gasteiger partial charge >= 0.3 is 11.9 Å². The molecule has 2 amide bonds. The summed E-state index contributed by atoms with van der Waals surface area (Å²) >= 11 is 0. The summed E-state index contributed by atoms with van der Waals surface area (Å²) in [7, 11) is 0. The molecule has 0 spiro atoms. The van der Waals surface area contributed by atoms with Crippen molar-refractivity contribution in [1.29, 1.82) is 0 Å². The van der Waals surface area contributed by atoms with Gasteiger partial charge < -0.3 is 24.8 Å². The average Bonchev–Trinajstić information content (AvgIpc) is 2.81. The van der Waals surface area contributed by atoms with E-state index in [2.05, 4.69) is 5.32 Å². The summed E-state index contributed by atoms with van der Waals surface area (Å²) in [5, 5.41) is 12.2. The van der Waals surface area contributed by atoms with Gasteiger partial charge in [-0.3, -0.25) is 19.2 Å². The van der Waals surface area contributed by atoms with Gasteiger partial charge in [0.25, 0.3) is 0 Å². The first kappa shape index (κ1) is 29.0. The van der Waals surface area contributed by atoms with Crippen molar-refractivity contribution in [3.63, 3.8) is 0 Å². The molecule has 1 heterocycles. The fraction of sp³-hybridized carbons (Fsp3) is 0.556. The molecular weight excluding hydrogens is 464 g/mol. The van der Waals surface area contributed by atoms with Crippen molar-refractivity contribution < 1.29 is 33.8 Å². The van der Waals surface area contributed by atoms with Crippen LogP contribution in [0.4, 0.5) is 0 Å². The average molecular weight is 503 g/mol. The number of hydrogen-bond donors (Lipinski definition) is 2. The molecule has 0 aliphatic carbocycles. The van der Waals surface area contributed by atoms with E-state index in [0.717, 1.165) is 5.56 Å². The second-order valence-corrected chi connectivity index (χ2v) is 9.81. The van der Waals surface area contributed by atoms with E-state index in [1.165, 1.54) is 0 Å². The zero-order chi connectivity index (χ0) is 26.6. The maximum absolute atomic E-state index is 13.0. The fourth-order valence-electron chi connectivity index (χ4n) is 3.80. The van der Waals surface area contributed by atoms with E-state index in [4.69, 9.17) is 9.47 Å². The lowest BCUT2D eigenvalue weighted by Crippen LogP contribution is -2.39. The van der Waals surface area contributed by atoms with Crippen LogP contribution in [0.15, 0.2) is 42.5 Å². The number of nitrogens with one attached hydrogen (secondary N) is 1. The molecule has 36 heavy (non-hydrogen) atoms. The third kappa shape index (κ3) is 10.6. The molecule has 0 aromatic heterocycles. The van der Waals surface area contributed by atoms with Crippen LogP contribution in [-0.2, 0) is 35.2 Å². The Balaban J connectivity index is 2.06. The summed E-state index contributed by atoms with van der Waals surface area (Å²) in [6.45, 7) is 5.67. The van der Waals surface area contributed by atoms with Crippen LogP contribution in [0.2, 0.25) is 0 Å². The Morgan fingerprint density at radius 1 is 1.08 bits per heavy atom. The number of cyclic esters (lactones) is 1. The number of hydrogen-bond acceptors (Lipinski definition) is 7. The highest BCUT2D eigenvalue weighted by Gasteiger charge is 2.28. The molecule has 2 atom stereocenters. The van der Waals surface area contributed by atoms with Gasteiger partial charge in [-0.25, -0.2) is 0 Å². The lowest BCUT2D eigenvalue weighted by atomic mass is 9.96. The minimum absolute atomic E-state index is 0.0237. The second kappa shape index (κ2) is 14.4. The summed E-state index contributed by atoms with van der Waals surface area (Å²) < 4.78 is 10.6. The van der Waals surface area contributed by atoms with Crippen LogP contribution in [0, 0.1) is 11.8 Å². The number of amides is 2. The summed E-state index contributed by atoms with van der Waals surface area (Å²) in [5.74, 6) is -2.86. The number of carbonyl (C=O) groups excluding carboxylic acids is 4. The number of esters is 2. The van der Waals surface area contributed by atoms with Crippen LogP contribution in [0.3, 0.4) is 0 Å². The van der Waals surface area contributed by atoms with Gasteiger partial charge in [-0.2, -0.15) is 0 Å². The summed E-state index contributed by atoms with van der Waals surface area (Å²) in [6.07, 6.45) is 3.91. The lowest BCUT2D eigenvalue weighted by molar-refractivity contribution is -0.161. The third-order valence-corrected chi connectivity index (χ3v) is 5.55. The molecule has 1 aliphatic rings. The molecule has 1 aliphatic heterocycles. The second-order valence-electron chi connectivity index (χ2n) is 9.81. The summed E-state index contributed by atoms with van der Waals surface area (Å²) in [5.41, 5.74) is 0.275. The maximum Gasteiger partial charge on any atom is 0.309 e. The molecule has 1 aromatic carbocycles. The van der Waals surface area contributed by atoms with E-state index in [9.17, 15) is 24.3 Å². The molecule has 0 radical (unpaired) electrons. The molecule has 0 unspecified atom stereocenters. The van der Waals surface area contributed by atoms with E-state index >= 15 is 0 Å². The lowest BCUT2D eigenvalue weighted by Gasteiger charge is -2.24. The first-order valence-corrected chi connectivity index (χ1v) is 12.3. The number of benzene rings is 1. The van der Waals surface area contributed by atoms with Crippen LogP contribution >= 0.6 is 0 Å². The molecule has 1 aromatic rings. The molecule has 0 saturated carbocycles. The Morgan fingerprint density at radius 2 is 1.75 bits per heavy atom. The zero-order valence-electron chi connectivity index (χ0n) is 21.4. The van der Waals surface area contributed by atoms with Crippen molar-refractivity contribution >= 4 is 23.8 Å². The van der Waals surface area contributed by atoms with Crippen LogP contribution in [0.5, 0.6) is 0 Å². The Morgan fingerprint density at radius 3 is 2.39 bits per heavy atom. The Labute approximate surface area is 212 Å². The number of nitrogens with zero attached hydrogens (tertiary/aromatic N) is 1. The first-order valence-electron chi connectivity index (χ1n) is 12.3. The molecule has 198 valence electrons. The standard InChI is InChI=1S/C27H38N2O7/c1-27(2,3)36-24(32)18-22-12-8-7-11-21(25(33)28-13-16-35-26(22)34)17-23(31)29(14-15-30)19-20-9-5-4-6-10-20/h4-10,21-22,30H,11-19H2,1-3H3,(H,28,33)/b8-7-/t21-,22-/m1/s1. The molecule has 9 nitrogen and oxygen atoms in total. The number of allylic oxidation sites excluding steroid dienone is 2. The van der Waals surface area contributed by atoms with E-state index in [0.29, 0.717) is 13.0 Å². The summed E-state index contributed by atoms with van der Waals surface area (Å²) in [6, 6.07) is 9.45. The number of ether oxygens (including phenoxy) is 2. The monoisotopic (exact) mass is 502 g/mol. The number of aliphatic hydroxyl groups excluding tert-OH is 1. The maximum atomic E-state index is 13.0. The molecule has 0 bridgehead atoms. The smallest absolute Gasteiger partial charge is 0.309 e. The minimum atomic E-state index is -0.697. The van der Waals surface area contributed by atoms with E-state index in [1.807, 2.05) is 30.3 Å². The van der Waals surface area contributed by atoms with Crippen LogP contribution in [0.1, 0.15) is 52.0 Å². The van der Waals surface area contributed by atoms with Gasteiger partial charge in [0, 0.05) is 19.5 Å². The van der Waals surface area contributed by atoms with Crippen LogP contribution in [-0.4, -0.2) is 65.7 Å². The Hall–Kier alpha value is -3.20. The molecular formula is C27H38N2O7. The minimum Gasteiger partial charge on any atom is -0.464 e. The highest BCUT2D eigenvalue weighted by Crippen LogP contribution is 2.19. The van der Waals surface area contributed by atoms with E-state index in [1.54, 1.807) is 37.8 Å². The van der Waals surface area contributed by atoms with Gasteiger partial charge in [-0.15, -0.1) is 0 Å². The number of aliphatic hydroxyl groups is 1. The normalized spacial score (nSPS) is 20.2.